The van der Waals surface area contributed by atoms with Crippen LogP contribution in [0.25, 0.3) is 0 Å². The van der Waals surface area contributed by atoms with Crippen LogP contribution in [-0.2, 0) is 24.7 Å². The van der Waals surface area contributed by atoms with Gasteiger partial charge in [0.2, 0.25) is 10.0 Å². The van der Waals surface area contributed by atoms with Crippen LogP contribution in [0.2, 0.25) is 0 Å². The molecular formula is C26H32FN3O7S2. The van der Waals surface area contributed by atoms with Gasteiger partial charge in [-0.25, -0.2) is 31.3 Å². The molecule has 0 unspecified atom stereocenters. The molecule has 0 spiro atoms. The van der Waals surface area contributed by atoms with Gasteiger partial charge in [0.1, 0.15) is 16.8 Å². The molecule has 39 heavy (non-hydrogen) atoms. The number of piperidine rings is 1. The van der Waals surface area contributed by atoms with E-state index in [1.165, 1.54) is 6.42 Å². The van der Waals surface area contributed by atoms with Crippen LogP contribution in [0.5, 0.6) is 5.88 Å². The Balaban J connectivity index is 1.26. The molecule has 1 aromatic heterocycles. The number of carbonyl (C=O) groups is 1. The average molecular weight is 582 g/mol. The highest BCUT2D eigenvalue weighted by Crippen LogP contribution is 2.40. The number of hydrogen-bond acceptors (Lipinski definition) is 8. The van der Waals surface area contributed by atoms with Crippen molar-refractivity contribution in [2.45, 2.75) is 84.9 Å². The maximum Gasteiger partial charge on any atom is 0.257 e. The number of likely N-dealkylation sites (tertiary alicyclic amines) is 1. The van der Waals surface area contributed by atoms with Crippen molar-refractivity contribution in [3.8, 4) is 5.88 Å². The normalized spacial score (nSPS) is 19.7. The molecule has 5 rings (SSSR count). The van der Waals surface area contributed by atoms with Crippen molar-refractivity contribution in [1.82, 2.24) is 9.88 Å². The summed E-state index contributed by atoms with van der Waals surface area (Å²) in [5.41, 5.74) is 1.18. The number of nitrogens with zero attached hydrogens (tertiary/aromatic N) is 2. The molecule has 2 N–H and O–H groups in total. The van der Waals surface area contributed by atoms with E-state index in [9.17, 15) is 26.0 Å². The summed E-state index contributed by atoms with van der Waals surface area (Å²) in [6.45, 7) is 0.324. The van der Waals surface area contributed by atoms with Crippen LogP contribution >= 0.6 is 0 Å². The number of nitrogens with two attached hydrogens (primary N) is 1. The Kier molecular flexibility index (Phi) is 7.96. The molecule has 1 aliphatic heterocycles. The standard InChI is InChI=1S/C26H32FN3O7S2/c27-22-16-21(39(28,34)35)8-9-24(22)38(32,33)20-10-12-30(13-11-20)26(31)18-14-23(17-6-7-17)29-25(15-18)37-36-19-4-2-1-3-5-19/h8-9,14-17,19-20H,1-7,10-13H2,(H2,28,34,35). The van der Waals surface area contributed by atoms with E-state index >= 15 is 0 Å². The zero-order valence-electron chi connectivity index (χ0n) is 21.4. The van der Waals surface area contributed by atoms with Gasteiger partial charge >= 0.3 is 0 Å². The molecule has 1 saturated heterocycles. The Morgan fingerprint density at radius 2 is 1.64 bits per heavy atom. The Labute approximate surface area is 227 Å². The number of aromatic nitrogens is 1. The highest BCUT2D eigenvalue weighted by molar-refractivity contribution is 7.92. The summed E-state index contributed by atoms with van der Waals surface area (Å²) in [5, 5.41) is 4.09. The third kappa shape index (κ3) is 6.42. The van der Waals surface area contributed by atoms with Crippen LogP contribution in [-0.4, -0.2) is 57.1 Å². The van der Waals surface area contributed by atoms with Gasteiger partial charge in [0, 0.05) is 36.3 Å². The van der Waals surface area contributed by atoms with E-state index in [-0.39, 0.29) is 49.7 Å². The molecule has 0 radical (unpaired) electrons. The second-order valence-corrected chi connectivity index (χ2v) is 14.3. The maximum atomic E-state index is 14.6. The van der Waals surface area contributed by atoms with Gasteiger partial charge in [-0.15, -0.1) is 0 Å². The van der Waals surface area contributed by atoms with Gasteiger partial charge in [0.25, 0.3) is 11.8 Å². The summed E-state index contributed by atoms with van der Waals surface area (Å²) in [5.74, 6) is -0.917. The van der Waals surface area contributed by atoms with Gasteiger partial charge in [0.15, 0.2) is 9.84 Å². The first kappa shape index (κ1) is 27.9. The van der Waals surface area contributed by atoms with Crippen molar-refractivity contribution in [3.63, 3.8) is 0 Å². The Hall–Kier alpha value is -2.61. The Bertz CT molecular complexity index is 1450. The molecule has 212 valence electrons. The summed E-state index contributed by atoms with van der Waals surface area (Å²) in [4.78, 5) is 29.6. The molecular weight excluding hydrogens is 549 g/mol. The molecule has 3 fully saturated rings. The minimum absolute atomic E-state index is 0.00556. The summed E-state index contributed by atoms with van der Waals surface area (Å²) in [6.07, 6.45) is 7.42. The third-order valence-electron chi connectivity index (χ3n) is 7.59. The average Bonchev–Trinajstić information content (AvgIpc) is 3.77. The number of sulfonamides is 1. The van der Waals surface area contributed by atoms with Gasteiger partial charge in [-0.3, -0.25) is 4.79 Å². The lowest BCUT2D eigenvalue weighted by molar-refractivity contribution is -0.253. The maximum absolute atomic E-state index is 14.6. The van der Waals surface area contributed by atoms with E-state index in [1.54, 1.807) is 17.0 Å². The Morgan fingerprint density at radius 3 is 2.26 bits per heavy atom. The first-order chi connectivity index (χ1) is 18.5. The van der Waals surface area contributed by atoms with E-state index in [4.69, 9.17) is 14.9 Å². The van der Waals surface area contributed by atoms with E-state index in [0.29, 0.717) is 11.6 Å². The molecule has 2 heterocycles. The lowest BCUT2D eigenvalue weighted by Crippen LogP contribution is -2.42. The first-order valence-electron chi connectivity index (χ1n) is 13.2. The number of hydrogen-bond donors (Lipinski definition) is 1. The fourth-order valence-electron chi connectivity index (χ4n) is 5.18. The first-order valence-corrected chi connectivity index (χ1v) is 16.3. The van der Waals surface area contributed by atoms with Gasteiger partial charge in [-0.2, -0.15) is 4.89 Å². The SMILES string of the molecule is NS(=O)(=O)c1ccc(S(=O)(=O)C2CCN(C(=O)c3cc(OOC4CCCCC4)nc(C4CC4)c3)CC2)c(F)c1. The summed E-state index contributed by atoms with van der Waals surface area (Å²) in [7, 11) is -8.27. The number of carbonyl (C=O) groups excluding carboxylic acids is 1. The molecule has 0 atom stereocenters. The number of pyridine rings is 1. The van der Waals surface area contributed by atoms with Gasteiger partial charge in [-0.1, -0.05) is 19.3 Å². The number of benzene rings is 1. The number of primary sulfonamides is 1. The molecule has 2 aromatic rings. The molecule has 2 saturated carbocycles. The quantitative estimate of drug-likeness (QED) is 0.368. The van der Waals surface area contributed by atoms with E-state index in [2.05, 4.69) is 4.98 Å². The Morgan fingerprint density at radius 1 is 0.949 bits per heavy atom. The second kappa shape index (κ2) is 11.1. The van der Waals surface area contributed by atoms with Gasteiger partial charge < -0.3 is 9.79 Å². The number of sulfone groups is 1. The van der Waals surface area contributed by atoms with E-state index in [0.717, 1.165) is 56.4 Å². The third-order valence-corrected chi connectivity index (χ3v) is 10.8. The van der Waals surface area contributed by atoms with Crippen LogP contribution in [0, 0.1) is 5.82 Å². The molecule has 1 amide bonds. The smallest absolute Gasteiger partial charge is 0.257 e. The number of halogens is 1. The number of amides is 1. The minimum atomic E-state index is -4.17. The van der Waals surface area contributed by atoms with Gasteiger partial charge in [0.05, 0.1) is 10.1 Å². The van der Waals surface area contributed by atoms with E-state index < -0.39 is 40.7 Å². The lowest BCUT2D eigenvalue weighted by Gasteiger charge is -2.32. The van der Waals surface area contributed by atoms with Crippen LogP contribution in [0.4, 0.5) is 4.39 Å². The summed E-state index contributed by atoms with van der Waals surface area (Å²) < 4.78 is 63.8. The monoisotopic (exact) mass is 581 g/mol. The molecule has 1 aromatic carbocycles. The zero-order chi connectivity index (χ0) is 27.8. The fraction of sp³-hybridized carbons (Fsp3) is 0.538. The predicted octanol–water partition coefficient (Wildman–Crippen LogP) is 3.47. The zero-order valence-corrected chi connectivity index (χ0v) is 23.1. The number of rotatable bonds is 8. The van der Waals surface area contributed by atoms with Crippen molar-refractivity contribution in [1.29, 1.82) is 0 Å². The van der Waals surface area contributed by atoms with Crippen molar-refractivity contribution < 1.29 is 35.8 Å². The van der Waals surface area contributed by atoms with Crippen LogP contribution < -0.4 is 10.0 Å². The fourth-order valence-corrected chi connectivity index (χ4v) is 7.48. The predicted molar refractivity (Wildman–Crippen MR) is 139 cm³/mol. The molecule has 13 heteroatoms. The highest BCUT2D eigenvalue weighted by Gasteiger charge is 2.35. The minimum Gasteiger partial charge on any atom is -0.339 e. The molecule has 10 nitrogen and oxygen atoms in total. The lowest BCUT2D eigenvalue weighted by atomic mass is 9.98. The van der Waals surface area contributed by atoms with Gasteiger partial charge in [-0.05, 0) is 62.8 Å². The van der Waals surface area contributed by atoms with Crippen molar-refractivity contribution in [2.75, 3.05) is 13.1 Å². The molecule has 0 bridgehead atoms. The van der Waals surface area contributed by atoms with E-state index in [1.807, 2.05) is 0 Å². The van der Waals surface area contributed by atoms with Crippen molar-refractivity contribution >= 4 is 25.8 Å². The van der Waals surface area contributed by atoms with Crippen molar-refractivity contribution in [3.05, 3.63) is 47.4 Å². The highest BCUT2D eigenvalue weighted by atomic mass is 32.2. The molecule has 2 aliphatic carbocycles. The largest absolute Gasteiger partial charge is 0.339 e. The topological polar surface area (TPSA) is 146 Å². The second-order valence-electron chi connectivity index (χ2n) is 10.5. The summed E-state index contributed by atoms with van der Waals surface area (Å²) in [6, 6.07) is 5.83. The van der Waals surface area contributed by atoms with Crippen LogP contribution in [0.1, 0.15) is 79.8 Å². The summed E-state index contributed by atoms with van der Waals surface area (Å²) >= 11 is 0. The van der Waals surface area contributed by atoms with Crippen molar-refractivity contribution in [2.24, 2.45) is 5.14 Å². The molecule has 3 aliphatic rings. The van der Waals surface area contributed by atoms with Crippen LogP contribution in [0.15, 0.2) is 40.1 Å². The van der Waals surface area contributed by atoms with Crippen LogP contribution in [0.3, 0.4) is 0 Å².